The van der Waals surface area contributed by atoms with Crippen LogP contribution in [0.4, 0.5) is 4.79 Å². The Morgan fingerprint density at radius 2 is 2.23 bits per heavy atom. The van der Waals surface area contributed by atoms with Crippen molar-refractivity contribution in [3.05, 3.63) is 36.6 Å². The normalized spacial score (nSPS) is 15.3. The van der Waals surface area contributed by atoms with Gasteiger partial charge in [0.25, 0.3) is 0 Å². The molecule has 0 atom stereocenters. The molecular weight excluding hydrogens is 280 g/mol. The van der Waals surface area contributed by atoms with E-state index in [0.717, 1.165) is 23.5 Å². The smallest absolute Gasteiger partial charge is 0.410 e. The van der Waals surface area contributed by atoms with Gasteiger partial charge in [0.15, 0.2) is 0 Å². The molecule has 0 aromatic rings. The highest BCUT2D eigenvalue weighted by Crippen LogP contribution is 2.21. The quantitative estimate of drug-likeness (QED) is 0.885. The molecule has 1 amide bonds. The molecule has 0 aromatic heterocycles. The summed E-state index contributed by atoms with van der Waals surface area (Å²) >= 11 is 0. The lowest BCUT2D eigenvalue weighted by Crippen LogP contribution is -2.40. The van der Waals surface area contributed by atoms with Crippen molar-refractivity contribution in [2.75, 3.05) is 13.1 Å². The Kier molecular flexibility index (Phi) is 3.83. The molecule has 3 aliphatic rings. The highest BCUT2D eigenvalue weighted by atomic mass is 16.6. The number of hydrogen-bond donors (Lipinski definition) is 1. The Morgan fingerprint density at radius 1 is 1.36 bits per heavy atom. The summed E-state index contributed by atoms with van der Waals surface area (Å²) in [6.45, 7) is 5.12. The zero-order valence-corrected chi connectivity index (χ0v) is 12.9. The monoisotopic (exact) mass is 300 g/mol. The third kappa shape index (κ3) is 3.27. The van der Waals surface area contributed by atoms with Crippen LogP contribution in [0, 0.1) is 0 Å². The number of hydrogen-bond acceptors (Lipinski definition) is 4. The maximum Gasteiger partial charge on any atom is 0.410 e. The molecule has 3 heterocycles. The molecule has 6 nitrogen and oxygen atoms in total. The Bertz CT molecular complexity index is 662. The van der Waals surface area contributed by atoms with Gasteiger partial charge in [-0.15, -0.1) is 0 Å². The van der Waals surface area contributed by atoms with Crippen LogP contribution in [0.25, 0.3) is 11.3 Å². The molecule has 3 rings (SSSR count). The summed E-state index contributed by atoms with van der Waals surface area (Å²) in [5.74, 6) is 0.775. The van der Waals surface area contributed by atoms with Crippen LogP contribution in [-0.4, -0.2) is 44.6 Å². The minimum atomic E-state index is -0.630. The number of fused-ring (bicyclic) bond motifs is 1. The van der Waals surface area contributed by atoms with Crippen LogP contribution in [0.5, 0.6) is 0 Å². The van der Waals surface area contributed by atoms with Crippen LogP contribution in [0.2, 0.25) is 0 Å². The van der Waals surface area contributed by atoms with Gasteiger partial charge in [-0.05, 0) is 20.3 Å². The van der Waals surface area contributed by atoms with Crippen molar-refractivity contribution in [3.63, 3.8) is 0 Å². The number of carbonyl (C=O) groups is 1. The first kappa shape index (κ1) is 14.6. The number of H-pyrrole nitrogens is 1. The third-order valence-electron chi connectivity index (χ3n) is 3.64. The van der Waals surface area contributed by atoms with Crippen molar-refractivity contribution in [1.29, 1.82) is 0 Å². The molecule has 0 radical (unpaired) electrons. The molecule has 116 valence electrons. The minimum absolute atomic E-state index is 0.273. The lowest BCUT2D eigenvalue weighted by molar-refractivity contribution is 0.0144. The van der Waals surface area contributed by atoms with Crippen molar-refractivity contribution in [2.45, 2.75) is 32.3 Å². The summed E-state index contributed by atoms with van der Waals surface area (Å²) in [7, 11) is 0. The van der Waals surface area contributed by atoms with Crippen molar-refractivity contribution in [3.8, 4) is 11.3 Å². The fourth-order valence-corrected chi connectivity index (χ4v) is 2.52. The van der Waals surface area contributed by atoms with Crippen LogP contribution in [0.1, 0.15) is 26.1 Å². The van der Waals surface area contributed by atoms with Gasteiger partial charge in [0.1, 0.15) is 11.4 Å². The van der Waals surface area contributed by atoms with E-state index in [4.69, 9.17) is 4.74 Å². The predicted octanol–water partition coefficient (Wildman–Crippen LogP) is 2.63. The molecular formula is C16H20N4O2. The van der Waals surface area contributed by atoms with Gasteiger partial charge in [0, 0.05) is 37.5 Å². The highest BCUT2D eigenvalue weighted by Gasteiger charge is 2.27. The topological polar surface area (TPSA) is 71.1 Å². The average molecular weight is 300 g/mol. The van der Waals surface area contributed by atoms with Crippen LogP contribution in [0.15, 0.2) is 30.7 Å². The van der Waals surface area contributed by atoms with E-state index in [1.807, 2.05) is 19.9 Å². The van der Waals surface area contributed by atoms with Gasteiger partial charge in [0.2, 0.25) is 0 Å². The molecule has 0 saturated carbocycles. The lowest BCUT2D eigenvalue weighted by Gasteiger charge is -2.30. The van der Waals surface area contributed by atoms with Crippen molar-refractivity contribution in [2.24, 2.45) is 0 Å². The minimum Gasteiger partial charge on any atom is -0.443 e. The highest BCUT2D eigenvalue weighted by molar-refractivity contribution is 5.68. The first-order valence-electron chi connectivity index (χ1n) is 7.44. The number of carbonyl (C=O) groups excluding carboxylic acids is 1. The number of ether oxygens (including phenoxy) is 1. The van der Waals surface area contributed by atoms with Gasteiger partial charge in [-0.25, -0.2) is 9.78 Å². The number of nitrogens with one attached hydrogen (secondary N) is 1. The fourth-order valence-electron chi connectivity index (χ4n) is 2.52. The van der Waals surface area contributed by atoms with E-state index in [-0.39, 0.29) is 6.09 Å². The first-order valence-corrected chi connectivity index (χ1v) is 7.44. The SMILES string of the molecule is CC(C)(Cc1ncc2cncc-2[nH]1)OC(=O)N1CC=CCC1. The largest absolute Gasteiger partial charge is 0.443 e. The Hall–Kier alpha value is -2.37. The molecule has 0 aliphatic carbocycles. The fraction of sp³-hybridized carbons (Fsp3) is 0.438. The van der Waals surface area contributed by atoms with Crippen molar-refractivity contribution < 1.29 is 9.53 Å². The van der Waals surface area contributed by atoms with E-state index in [9.17, 15) is 4.79 Å². The molecule has 6 heteroatoms. The van der Waals surface area contributed by atoms with Gasteiger partial charge in [-0.2, -0.15) is 0 Å². The summed E-state index contributed by atoms with van der Waals surface area (Å²) in [4.78, 5) is 25.6. The molecule has 0 unspecified atom stereocenters. The second kappa shape index (κ2) is 5.79. The summed E-state index contributed by atoms with van der Waals surface area (Å²) in [5.41, 5.74) is 1.28. The molecule has 0 fully saturated rings. The molecule has 0 saturated heterocycles. The Morgan fingerprint density at radius 3 is 3.00 bits per heavy atom. The van der Waals surface area contributed by atoms with E-state index >= 15 is 0 Å². The Labute approximate surface area is 129 Å². The second-order valence-electron chi connectivity index (χ2n) is 6.12. The van der Waals surface area contributed by atoms with E-state index < -0.39 is 5.60 Å². The zero-order valence-electron chi connectivity index (χ0n) is 12.9. The van der Waals surface area contributed by atoms with Crippen LogP contribution >= 0.6 is 0 Å². The van der Waals surface area contributed by atoms with Gasteiger partial charge < -0.3 is 14.6 Å². The lowest BCUT2D eigenvalue weighted by atomic mass is 10.0. The number of nitrogens with zero attached hydrogens (tertiary/aromatic N) is 3. The summed E-state index contributed by atoms with van der Waals surface area (Å²) < 4.78 is 5.65. The van der Waals surface area contributed by atoms with E-state index in [1.165, 1.54) is 0 Å². The summed E-state index contributed by atoms with van der Waals surface area (Å²) in [6, 6.07) is 0. The molecule has 22 heavy (non-hydrogen) atoms. The van der Waals surface area contributed by atoms with E-state index in [0.29, 0.717) is 19.5 Å². The van der Waals surface area contributed by atoms with Gasteiger partial charge in [-0.3, -0.25) is 4.98 Å². The molecule has 3 aliphatic heterocycles. The first-order chi connectivity index (χ1) is 10.5. The second-order valence-corrected chi connectivity index (χ2v) is 6.12. The standard InChI is InChI=1S/C16H20N4O2/c1-16(2,22-15(21)20-6-4-3-5-7-20)8-14-18-10-12-9-17-11-13(12)19-14/h3-4,9-11H,5-8H2,1-2H3,(H,18,19). The summed E-state index contributed by atoms with van der Waals surface area (Å²) in [6.07, 6.45) is 10.5. The van der Waals surface area contributed by atoms with Crippen LogP contribution < -0.4 is 0 Å². The predicted molar refractivity (Wildman–Crippen MR) is 82.6 cm³/mol. The maximum absolute atomic E-state index is 12.2. The third-order valence-corrected chi connectivity index (χ3v) is 3.64. The number of rotatable bonds is 3. The van der Waals surface area contributed by atoms with Crippen molar-refractivity contribution in [1.82, 2.24) is 19.9 Å². The van der Waals surface area contributed by atoms with Crippen molar-refractivity contribution >= 4 is 6.09 Å². The van der Waals surface area contributed by atoms with Crippen LogP contribution in [-0.2, 0) is 11.2 Å². The maximum atomic E-state index is 12.2. The van der Waals surface area contributed by atoms with Gasteiger partial charge in [-0.1, -0.05) is 12.2 Å². The van der Waals surface area contributed by atoms with E-state index in [2.05, 4.69) is 21.0 Å². The number of aromatic amines is 1. The summed E-state index contributed by atoms with van der Waals surface area (Å²) in [5, 5.41) is 0. The molecule has 0 aromatic carbocycles. The average Bonchev–Trinajstić information content (AvgIpc) is 2.94. The number of amides is 1. The zero-order chi connectivity index (χ0) is 15.6. The van der Waals surface area contributed by atoms with Gasteiger partial charge >= 0.3 is 6.09 Å². The molecule has 0 spiro atoms. The Balaban J connectivity index is 1.66. The molecule has 0 bridgehead atoms. The number of aromatic nitrogens is 3. The van der Waals surface area contributed by atoms with E-state index in [1.54, 1.807) is 23.5 Å². The van der Waals surface area contributed by atoms with Crippen LogP contribution in [0.3, 0.4) is 0 Å². The molecule has 1 N–H and O–H groups in total. The van der Waals surface area contributed by atoms with Gasteiger partial charge in [0.05, 0.1) is 11.9 Å².